The van der Waals surface area contributed by atoms with Crippen molar-refractivity contribution in [2.75, 3.05) is 5.32 Å². The number of aryl methyl sites for hydroxylation is 2. The van der Waals surface area contributed by atoms with E-state index in [1.807, 2.05) is 0 Å². The number of halogens is 1. The molecule has 2 aromatic rings. The van der Waals surface area contributed by atoms with Gasteiger partial charge in [0.2, 0.25) is 0 Å². The van der Waals surface area contributed by atoms with Crippen LogP contribution in [0.1, 0.15) is 16.8 Å². The molecule has 0 saturated carbocycles. The predicted molar refractivity (Wildman–Crippen MR) is 66.4 cm³/mol. The first-order chi connectivity index (χ1) is 8.63. The topological polar surface area (TPSA) is 53.6 Å². The minimum atomic E-state index is -0.262. The number of nitriles is 1. The molecule has 0 amide bonds. The molecule has 1 aromatic carbocycles. The maximum absolute atomic E-state index is 13.5. The van der Waals surface area contributed by atoms with Gasteiger partial charge in [-0.05, 0) is 13.0 Å². The molecule has 0 bridgehead atoms. The summed E-state index contributed by atoms with van der Waals surface area (Å²) in [5.41, 5.74) is 1.71. The van der Waals surface area contributed by atoms with Gasteiger partial charge in [0.25, 0.3) is 0 Å². The molecule has 0 saturated heterocycles. The Labute approximate surface area is 105 Å². The SMILES string of the molecule is Cc1nn(C)c(NCc2ccccc2F)c1C#N. The van der Waals surface area contributed by atoms with Gasteiger partial charge in [0.15, 0.2) is 0 Å². The molecule has 0 aliphatic rings. The van der Waals surface area contributed by atoms with Crippen LogP contribution in [-0.2, 0) is 13.6 Å². The molecular weight excluding hydrogens is 231 g/mol. The van der Waals surface area contributed by atoms with Crippen molar-refractivity contribution in [2.45, 2.75) is 13.5 Å². The fraction of sp³-hybridized carbons (Fsp3) is 0.231. The lowest BCUT2D eigenvalue weighted by molar-refractivity contribution is 0.612. The second-order valence-corrected chi connectivity index (χ2v) is 3.99. The summed E-state index contributed by atoms with van der Waals surface area (Å²) < 4.78 is 15.0. The van der Waals surface area contributed by atoms with Crippen LogP contribution in [0.4, 0.5) is 10.2 Å². The lowest BCUT2D eigenvalue weighted by atomic mass is 10.2. The van der Waals surface area contributed by atoms with E-state index in [0.717, 1.165) is 0 Å². The van der Waals surface area contributed by atoms with Gasteiger partial charge in [-0.3, -0.25) is 4.68 Å². The van der Waals surface area contributed by atoms with E-state index in [0.29, 0.717) is 29.2 Å². The highest BCUT2D eigenvalue weighted by Crippen LogP contribution is 2.18. The van der Waals surface area contributed by atoms with Crippen molar-refractivity contribution in [1.29, 1.82) is 5.26 Å². The summed E-state index contributed by atoms with van der Waals surface area (Å²) in [6, 6.07) is 8.64. The van der Waals surface area contributed by atoms with E-state index in [-0.39, 0.29) is 5.82 Å². The minimum absolute atomic E-state index is 0.262. The van der Waals surface area contributed by atoms with E-state index in [1.54, 1.807) is 36.9 Å². The van der Waals surface area contributed by atoms with Crippen LogP contribution >= 0.6 is 0 Å². The van der Waals surface area contributed by atoms with Crippen LogP contribution in [0.2, 0.25) is 0 Å². The van der Waals surface area contributed by atoms with E-state index in [4.69, 9.17) is 5.26 Å². The average Bonchev–Trinajstić information content (AvgIpc) is 2.62. The van der Waals surface area contributed by atoms with Gasteiger partial charge in [0, 0.05) is 19.2 Å². The number of hydrogen-bond acceptors (Lipinski definition) is 3. The summed E-state index contributed by atoms with van der Waals surface area (Å²) in [7, 11) is 1.75. The van der Waals surface area contributed by atoms with E-state index in [9.17, 15) is 4.39 Å². The largest absolute Gasteiger partial charge is 0.365 e. The standard InChI is InChI=1S/C13H13FN4/c1-9-11(7-15)13(18(2)17-9)16-8-10-5-3-4-6-12(10)14/h3-6,16H,8H2,1-2H3. The van der Waals surface area contributed by atoms with Crippen molar-refractivity contribution >= 4 is 5.82 Å². The predicted octanol–water partition coefficient (Wildman–Crippen LogP) is 2.35. The van der Waals surface area contributed by atoms with Gasteiger partial charge >= 0.3 is 0 Å². The molecule has 4 nitrogen and oxygen atoms in total. The first-order valence-corrected chi connectivity index (χ1v) is 5.54. The number of aromatic nitrogens is 2. The summed E-state index contributed by atoms with van der Waals surface area (Å²) in [4.78, 5) is 0. The molecular formula is C13H13FN4. The number of rotatable bonds is 3. The van der Waals surface area contributed by atoms with Crippen molar-refractivity contribution in [1.82, 2.24) is 9.78 Å². The lowest BCUT2D eigenvalue weighted by Gasteiger charge is -2.07. The molecule has 0 atom stereocenters. The van der Waals surface area contributed by atoms with Crippen LogP contribution in [-0.4, -0.2) is 9.78 Å². The molecule has 0 fully saturated rings. The van der Waals surface area contributed by atoms with Gasteiger partial charge in [0.1, 0.15) is 23.3 Å². The fourth-order valence-electron chi connectivity index (χ4n) is 1.82. The van der Waals surface area contributed by atoms with Crippen molar-refractivity contribution in [3.63, 3.8) is 0 Å². The van der Waals surface area contributed by atoms with Crippen LogP contribution in [0.3, 0.4) is 0 Å². The average molecular weight is 244 g/mol. The Morgan fingerprint density at radius 2 is 2.17 bits per heavy atom. The minimum Gasteiger partial charge on any atom is -0.365 e. The molecule has 0 radical (unpaired) electrons. The third kappa shape index (κ3) is 2.18. The second-order valence-electron chi connectivity index (χ2n) is 3.99. The molecule has 18 heavy (non-hydrogen) atoms. The number of hydrogen-bond donors (Lipinski definition) is 1. The molecule has 1 aromatic heterocycles. The summed E-state index contributed by atoms with van der Waals surface area (Å²) in [6.07, 6.45) is 0. The molecule has 1 N–H and O–H groups in total. The molecule has 0 unspecified atom stereocenters. The van der Waals surface area contributed by atoms with E-state index >= 15 is 0 Å². The maximum atomic E-state index is 13.5. The second kappa shape index (κ2) is 4.88. The number of nitrogens with zero attached hydrogens (tertiary/aromatic N) is 3. The lowest BCUT2D eigenvalue weighted by Crippen LogP contribution is -2.07. The van der Waals surface area contributed by atoms with Gasteiger partial charge in [0.05, 0.1) is 5.69 Å². The van der Waals surface area contributed by atoms with Crippen LogP contribution in [0.5, 0.6) is 0 Å². The third-order valence-electron chi connectivity index (χ3n) is 2.74. The summed E-state index contributed by atoms with van der Waals surface area (Å²) in [5.74, 6) is 0.348. The Morgan fingerprint density at radius 1 is 1.44 bits per heavy atom. The highest BCUT2D eigenvalue weighted by Gasteiger charge is 2.12. The van der Waals surface area contributed by atoms with Crippen molar-refractivity contribution in [2.24, 2.45) is 7.05 Å². The molecule has 0 aliphatic heterocycles. The van der Waals surface area contributed by atoms with Crippen molar-refractivity contribution < 1.29 is 4.39 Å². The highest BCUT2D eigenvalue weighted by molar-refractivity contribution is 5.55. The normalized spacial score (nSPS) is 10.1. The number of anilines is 1. The smallest absolute Gasteiger partial charge is 0.142 e. The van der Waals surface area contributed by atoms with Gasteiger partial charge in [-0.25, -0.2) is 4.39 Å². The van der Waals surface area contributed by atoms with Gasteiger partial charge in [-0.2, -0.15) is 10.4 Å². The molecule has 2 rings (SSSR count). The Kier molecular flexibility index (Phi) is 3.28. The van der Waals surface area contributed by atoms with Crippen LogP contribution in [0.25, 0.3) is 0 Å². The van der Waals surface area contributed by atoms with Crippen LogP contribution in [0, 0.1) is 24.1 Å². The quantitative estimate of drug-likeness (QED) is 0.901. The molecule has 92 valence electrons. The Morgan fingerprint density at radius 3 is 2.83 bits per heavy atom. The molecule has 5 heteroatoms. The van der Waals surface area contributed by atoms with Crippen LogP contribution < -0.4 is 5.32 Å². The van der Waals surface area contributed by atoms with Crippen molar-refractivity contribution in [3.05, 3.63) is 46.9 Å². The third-order valence-corrected chi connectivity index (χ3v) is 2.74. The van der Waals surface area contributed by atoms with Crippen LogP contribution in [0.15, 0.2) is 24.3 Å². The van der Waals surface area contributed by atoms with E-state index in [2.05, 4.69) is 16.5 Å². The Bertz CT molecular complexity index is 610. The number of benzene rings is 1. The molecule has 0 aliphatic carbocycles. The van der Waals surface area contributed by atoms with Gasteiger partial charge in [-0.15, -0.1) is 0 Å². The molecule has 0 spiro atoms. The Hall–Kier alpha value is -2.35. The van der Waals surface area contributed by atoms with Gasteiger partial charge in [-0.1, -0.05) is 18.2 Å². The first kappa shape index (κ1) is 12.1. The summed E-state index contributed by atoms with van der Waals surface area (Å²) in [5, 5.41) is 16.2. The summed E-state index contributed by atoms with van der Waals surface area (Å²) in [6.45, 7) is 2.09. The maximum Gasteiger partial charge on any atom is 0.142 e. The number of nitrogens with one attached hydrogen (secondary N) is 1. The zero-order valence-corrected chi connectivity index (χ0v) is 10.2. The van der Waals surface area contributed by atoms with Crippen molar-refractivity contribution in [3.8, 4) is 6.07 Å². The van der Waals surface area contributed by atoms with E-state index in [1.165, 1.54) is 6.07 Å². The first-order valence-electron chi connectivity index (χ1n) is 5.54. The zero-order valence-electron chi connectivity index (χ0n) is 10.2. The van der Waals surface area contributed by atoms with Gasteiger partial charge < -0.3 is 5.32 Å². The molecule has 1 heterocycles. The monoisotopic (exact) mass is 244 g/mol. The van der Waals surface area contributed by atoms with E-state index < -0.39 is 0 Å². The Balaban J connectivity index is 2.22. The summed E-state index contributed by atoms with van der Waals surface area (Å²) >= 11 is 0. The zero-order chi connectivity index (χ0) is 13.1. The fourth-order valence-corrected chi connectivity index (χ4v) is 1.82. The highest BCUT2D eigenvalue weighted by atomic mass is 19.1.